The van der Waals surface area contributed by atoms with E-state index in [1.54, 1.807) is 6.92 Å². The second-order valence-corrected chi connectivity index (χ2v) is 15.4. The molecule has 1 aliphatic heterocycles. The number of aliphatic hydroxyl groups is 1. The van der Waals surface area contributed by atoms with Crippen LogP contribution in [0.4, 0.5) is 0 Å². The molecule has 254 valence electrons. The third-order valence-corrected chi connectivity index (χ3v) is 9.67. The summed E-state index contributed by atoms with van der Waals surface area (Å²) < 4.78 is 0. The number of hydrogen-bond donors (Lipinski definition) is 2. The highest BCUT2D eigenvalue weighted by atomic mass is 16.7. The lowest BCUT2D eigenvalue weighted by Crippen LogP contribution is -2.56. The monoisotopic (exact) mass is 631 g/mol. The first-order valence-corrected chi connectivity index (χ1v) is 16.1. The molecule has 3 unspecified atom stereocenters. The molecule has 45 heavy (non-hydrogen) atoms. The summed E-state index contributed by atoms with van der Waals surface area (Å²) in [5, 5.41) is 14.9. The summed E-state index contributed by atoms with van der Waals surface area (Å²) in [5.41, 5.74) is -1.78. The van der Waals surface area contributed by atoms with E-state index in [1.807, 2.05) is 64.8 Å². The summed E-state index contributed by atoms with van der Waals surface area (Å²) in [6.45, 7) is 23.8. The molecule has 3 amide bonds. The van der Waals surface area contributed by atoms with E-state index < -0.39 is 51.6 Å². The topological polar surface area (TPSA) is 125 Å². The molecular formula is C35H57N3O7. The van der Waals surface area contributed by atoms with Crippen LogP contribution in [0.5, 0.6) is 0 Å². The van der Waals surface area contributed by atoms with E-state index in [9.17, 15) is 24.3 Å². The molecule has 0 aliphatic carbocycles. The van der Waals surface area contributed by atoms with Gasteiger partial charge in [0, 0.05) is 24.9 Å². The quantitative estimate of drug-likeness (QED) is 0.189. The van der Waals surface area contributed by atoms with Gasteiger partial charge in [-0.25, -0.2) is 4.79 Å². The van der Waals surface area contributed by atoms with Gasteiger partial charge in [-0.1, -0.05) is 78.8 Å². The SMILES string of the molecule is CC(C)C(c1ccccc1)N(OC(C)(C)C(CC(C)(C)C(C)(C)C(C)C(=O)ON1C(=O)CCC1=O)C(=O)NCCO)C(C)(C)C. The number of nitrogens with zero attached hydrogens (tertiary/aromatic N) is 2. The highest BCUT2D eigenvalue weighted by Gasteiger charge is 2.51. The molecule has 0 aromatic heterocycles. The van der Waals surface area contributed by atoms with Gasteiger partial charge in [0.15, 0.2) is 0 Å². The van der Waals surface area contributed by atoms with Gasteiger partial charge in [-0.2, -0.15) is 5.06 Å². The summed E-state index contributed by atoms with van der Waals surface area (Å²) >= 11 is 0. The number of carbonyl (C=O) groups excluding carboxylic acids is 4. The standard InChI is InChI=1S/C35H57N3O7/c1-23(2)29(25-16-14-13-15-17-25)38(32(4,5)6)45-35(11,12)26(30(42)36-20-21-39)22-33(7,8)34(9,10)24(3)31(43)44-37-27(40)18-19-28(37)41/h13-17,23-24,26,29,39H,18-22H2,1-12H3,(H,36,42). The van der Waals surface area contributed by atoms with Gasteiger partial charge >= 0.3 is 5.97 Å². The molecule has 2 N–H and O–H groups in total. The normalized spacial score (nSPS) is 17.1. The largest absolute Gasteiger partial charge is 0.395 e. The van der Waals surface area contributed by atoms with Crippen LogP contribution in [0, 0.1) is 28.6 Å². The van der Waals surface area contributed by atoms with Crippen LogP contribution in [-0.2, 0) is 28.9 Å². The molecule has 0 bridgehead atoms. The van der Waals surface area contributed by atoms with Crippen LogP contribution >= 0.6 is 0 Å². The molecule has 1 fully saturated rings. The molecule has 2 rings (SSSR count). The zero-order valence-corrected chi connectivity index (χ0v) is 29.5. The lowest BCUT2D eigenvalue weighted by molar-refractivity contribution is -0.313. The molecule has 10 nitrogen and oxygen atoms in total. The van der Waals surface area contributed by atoms with Crippen LogP contribution < -0.4 is 5.32 Å². The van der Waals surface area contributed by atoms with Gasteiger partial charge in [0.25, 0.3) is 11.8 Å². The molecule has 1 heterocycles. The molecule has 0 radical (unpaired) electrons. The number of hydroxylamine groups is 4. The van der Waals surface area contributed by atoms with Crippen LogP contribution in [0.3, 0.4) is 0 Å². The Kier molecular flexibility index (Phi) is 12.6. The van der Waals surface area contributed by atoms with Gasteiger partial charge in [-0.15, -0.1) is 5.06 Å². The Morgan fingerprint density at radius 2 is 1.47 bits per heavy atom. The van der Waals surface area contributed by atoms with Crippen LogP contribution in [0.2, 0.25) is 0 Å². The minimum Gasteiger partial charge on any atom is -0.395 e. The Morgan fingerprint density at radius 1 is 0.933 bits per heavy atom. The zero-order valence-electron chi connectivity index (χ0n) is 29.5. The maximum absolute atomic E-state index is 13.9. The Morgan fingerprint density at radius 3 is 1.93 bits per heavy atom. The summed E-state index contributed by atoms with van der Waals surface area (Å²) in [4.78, 5) is 63.6. The first kappa shape index (κ1) is 38.4. The third-order valence-electron chi connectivity index (χ3n) is 9.67. The molecule has 1 aromatic rings. The van der Waals surface area contributed by atoms with Gasteiger partial charge in [0.1, 0.15) is 0 Å². The van der Waals surface area contributed by atoms with Crippen LogP contribution in [0.1, 0.15) is 114 Å². The third kappa shape index (κ3) is 9.14. The predicted molar refractivity (Wildman–Crippen MR) is 173 cm³/mol. The van der Waals surface area contributed by atoms with Crippen molar-refractivity contribution in [2.45, 2.75) is 120 Å². The van der Waals surface area contributed by atoms with Crippen molar-refractivity contribution in [2.24, 2.45) is 28.6 Å². The van der Waals surface area contributed by atoms with Gasteiger partial charge in [-0.05, 0) is 63.4 Å². The number of nitrogens with one attached hydrogen (secondary N) is 1. The number of rotatable bonds is 15. The van der Waals surface area contributed by atoms with Crippen LogP contribution in [0.25, 0.3) is 0 Å². The summed E-state index contributed by atoms with van der Waals surface area (Å²) in [6, 6.07) is 10.1. The van der Waals surface area contributed by atoms with Crippen molar-refractivity contribution in [2.75, 3.05) is 13.2 Å². The number of aliphatic hydroxyl groups excluding tert-OH is 1. The van der Waals surface area contributed by atoms with E-state index in [0.29, 0.717) is 11.5 Å². The highest BCUT2D eigenvalue weighted by molar-refractivity contribution is 6.01. The number of benzene rings is 1. The Labute approximate surface area is 270 Å². The molecule has 3 atom stereocenters. The van der Waals surface area contributed by atoms with Crippen LogP contribution in [0.15, 0.2) is 30.3 Å². The van der Waals surface area contributed by atoms with Crippen LogP contribution in [-0.4, -0.2) is 63.2 Å². The van der Waals surface area contributed by atoms with Gasteiger partial charge in [0.05, 0.1) is 30.1 Å². The fraction of sp³-hybridized carbons (Fsp3) is 0.714. The first-order valence-electron chi connectivity index (χ1n) is 16.1. The molecule has 1 aliphatic rings. The van der Waals surface area contributed by atoms with Gasteiger partial charge < -0.3 is 15.3 Å². The number of amides is 3. The first-order chi connectivity index (χ1) is 20.6. The molecule has 10 heteroatoms. The fourth-order valence-electron chi connectivity index (χ4n) is 5.81. The summed E-state index contributed by atoms with van der Waals surface area (Å²) in [6.07, 6.45) is 0.352. The van der Waals surface area contributed by atoms with Crippen molar-refractivity contribution in [1.82, 2.24) is 15.4 Å². The Balaban J connectivity index is 2.48. The number of hydrogen-bond acceptors (Lipinski definition) is 8. The Hall–Kier alpha value is -2.82. The van der Waals surface area contributed by atoms with E-state index in [4.69, 9.17) is 9.68 Å². The second-order valence-electron chi connectivity index (χ2n) is 15.4. The van der Waals surface area contributed by atoms with Crippen molar-refractivity contribution in [3.05, 3.63) is 35.9 Å². The van der Waals surface area contributed by atoms with E-state index in [-0.39, 0.29) is 43.9 Å². The smallest absolute Gasteiger partial charge is 0.336 e. The fourth-order valence-corrected chi connectivity index (χ4v) is 5.81. The number of carbonyl (C=O) groups is 4. The van der Waals surface area contributed by atoms with E-state index in [0.717, 1.165) is 5.56 Å². The van der Waals surface area contributed by atoms with Crippen molar-refractivity contribution in [3.63, 3.8) is 0 Å². The van der Waals surface area contributed by atoms with Crippen molar-refractivity contribution in [3.8, 4) is 0 Å². The average molecular weight is 632 g/mol. The summed E-state index contributed by atoms with van der Waals surface area (Å²) in [5.74, 6) is -3.26. The van der Waals surface area contributed by atoms with E-state index >= 15 is 0 Å². The van der Waals surface area contributed by atoms with Crippen molar-refractivity contribution < 1.29 is 34.0 Å². The van der Waals surface area contributed by atoms with Gasteiger partial charge in [-0.3, -0.25) is 19.2 Å². The van der Waals surface area contributed by atoms with E-state index in [2.05, 4.69) is 52.1 Å². The van der Waals surface area contributed by atoms with Crippen molar-refractivity contribution >= 4 is 23.7 Å². The highest BCUT2D eigenvalue weighted by Crippen LogP contribution is 2.51. The molecule has 1 aromatic carbocycles. The molecule has 0 spiro atoms. The van der Waals surface area contributed by atoms with Gasteiger partial charge in [0.2, 0.25) is 5.91 Å². The Bertz CT molecular complexity index is 1170. The van der Waals surface area contributed by atoms with E-state index in [1.165, 1.54) is 0 Å². The average Bonchev–Trinajstić information content (AvgIpc) is 3.25. The zero-order chi connectivity index (χ0) is 34.5. The summed E-state index contributed by atoms with van der Waals surface area (Å²) in [7, 11) is 0. The lowest BCUT2D eigenvalue weighted by Gasteiger charge is -2.51. The minimum atomic E-state index is -1.03. The minimum absolute atomic E-state index is 0.0165. The second kappa shape index (κ2) is 14.7. The maximum Gasteiger partial charge on any atom is 0.336 e. The molecule has 0 saturated carbocycles. The predicted octanol–water partition coefficient (Wildman–Crippen LogP) is 5.60. The molecule has 1 saturated heterocycles. The number of imide groups is 1. The maximum atomic E-state index is 13.9. The molecular weight excluding hydrogens is 574 g/mol. The lowest BCUT2D eigenvalue weighted by atomic mass is 9.57. The van der Waals surface area contributed by atoms with Crippen molar-refractivity contribution in [1.29, 1.82) is 0 Å².